The first-order valence-electron chi connectivity index (χ1n) is 5.78. The topological polar surface area (TPSA) is 17.1 Å². The highest BCUT2D eigenvalue weighted by Gasteiger charge is 2.23. The van der Waals surface area contributed by atoms with E-state index in [1.807, 2.05) is 32.0 Å². The van der Waals surface area contributed by atoms with Crippen LogP contribution in [0.3, 0.4) is 0 Å². The molecular formula is C15H10Cl4O. The molecule has 0 saturated heterocycles. The number of halogens is 4. The van der Waals surface area contributed by atoms with E-state index in [-0.39, 0.29) is 31.4 Å². The van der Waals surface area contributed by atoms with Crippen LogP contribution in [-0.4, -0.2) is 5.78 Å². The molecule has 1 nitrogen and oxygen atoms in total. The molecule has 0 fully saturated rings. The summed E-state index contributed by atoms with van der Waals surface area (Å²) in [7, 11) is 0. The first kappa shape index (κ1) is 15.7. The Hall–Kier alpha value is -0.730. The van der Waals surface area contributed by atoms with Gasteiger partial charge in [0.15, 0.2) is 5.78 Å². The SMILES string of the molecule is Cc1cccc(C)c1C(=O)c1c(Cl)cc(Cl)c(Cl)c1Cl. The molecule has 0 N–H and O–H groups in total. The molecule has 0 spiro atoms. The molecule has 0 amide bonds. The van der Waals surface area contributed by atoms with Crippen molar-refractivity contribution in [2.45, 2.75) is 13.8 Å². The van der Waals surface area contributed by atoms with Gasteiger partial charge in [-0.2, -0.15) is 0 Å². The van der Waals surface area contributed by atoms with Crippen LogP contribution in [-0.2, 0) is 0 Å². The molecule has 0 bridgehead atoms. The lowest BCUT2D eigenvalue weighted by atomic mass is 9.95. The highest BCUT2D eigenvalue weighted by atomic mass is 35.5. The highest BCUT2D eigenvalue weighted by Crippen LogP contribution is 2.39. The van der Waals surface area contributed by atoms with Crippen LogP contribution in [0.2, 0.25) is 20.1 Å². The van der Waals surface area contributed by atoms with E-state index in [0.717, 1.165) is 11.1 Å². The summed E-state index contributed by atoms with van der Waals surface area (Å²) in [5.41, 5.74) is 2.47. The lowest BCUT2D eigenvalue weighted by Gasteiger charge is -2.12. The number of benzene rings is 2. The summed E-state index contributed by atoms with van der Waals surface area (Å²) >= 11 is 24.1. The van der Waals surface area contributed by atoms with Crippen molar-refractivity contribution in [2.24, 2.45) is 0 Å². The van der Waals surface area contributed by atoms with Crippen LogP contribution >= 0.6 is 46.4 Å². The molecule has 2 rings (SSSR count). The maximum Gasteiger partial charge on any atom is 0.196 e. The van der Waals surface area contributed by atoms with Crippen LogP contribution < -0.4 is 0 Å². The van der Waals surface area contributed by atoms with Gasteiger partial charge in [0.1, 0.15) is 0 Å². The van der Waals surface area contributed by atoms with Gasteiger partial charge in [0.25, 0.3) is 0 Å². The molecule has 0 aliphatic rings. The minimum Gasteiger partial charge on any atom is -0.288 e. The van der Waals surface area contributed by atoms with Gasteiger partial charge in [-0.15, -0.1) is 0 Å². The summed E-state index contributed by atoms with van der Waals surface area (Å²) in [4.78, 5) is 12.7. The van der Waals surface area contributed by atoms with Crippen LogP contribution in [0.5, 0.6) is 0 Å². The Morgan fingerprint density at radius 1 is 0.850 bits per heavy atom. The van der Waals surface area contributed by atoms with Crippen molar-refractivity contribution in [3.05, 3.63) is 66.6 Å². The third-order valence-electron chi connectivity index (χ3n) is 3.05. The van der Waals surface area contributed by atoms with Crippen molar-refractivity contribution >= 4 is 52.2 Å². The van der Waals surface area contributed by atoms with Crippen molar-refractivity contribution in [3.8, 4) is 0 Å². The molecule has 5 heteroatoms. The minimum atomic E-state index is -0.255. The summed E-state index contributed by atoms with van der Waals surface area (Å²) in [6.45, 7) is 3.72. The average Bonchev–Trinajstić information content (AvgIpc) is 2.36. The fourth-order valence-electron chi connectivity index (χ4n) is 2.07. The van der Waals surface area contributed by atoms with E-state index < -0.39 is 0 Å². The zero-order valence-corrected chi connectivity index (χ0v) is 13.8. The van der Waals surface area contributed by atoms with Gasteiger partial charge in [-0.3, -0.25) is 4.79 Å². The van der Waals surface area contributed by atoms with Gasteiger partial charge in [-0.25, -0.2) is 0 Å². The lowest BCUT2D eigenvalue weighted by Crippen LogP contribution is -2.08. The molecule has 0 aliphatic carbocycles. The predicted molar refractivity (Wildman–Crippen MR) is 85.8 cm³/mol. The Balaban J connectivity index is 2.70. The van der Waals surface area contributed by atoms with Crippen molar-refractivity contribution in [1.29, 1.82) is 0 Å². The molecule has 0 saturated carbocycles. The Morgan fingerprint density at radius 3 is 1.95 bits per heavy atom. The molecular weight excluding hydrogens is 338 g/mol. The second-order valence-electron chi connectivity index (χ2n) is 4.44. The number of rotatable bonds is 2. The summed E-state index contributed by atoms with van der Waals surface area (Å²) in [6, 6.07) is 7.04. The van der Waals surface area contributed by atoms with Gasteiger partial charge in [0, 0.05) is 5.56 Å². The van der Waals surface area contributed by atoms with E-state index in [0.29, 0.717) is 5.56 Å². The molecule has 0 heterocycles. The van der Waals surface area contributed by atoms with Crippen LogP contribution in [0.4, 0.5) is 0 Å². The molecule has 2 aromatic carbocycles. The number of ketones is 1. The monoisotopic (exact) mass is 346 g/mol. The fraction of sp³-hybridized carbons (Fsp3) is 0.133. The van der Waals surface area contributed by atoms with Crippen molar-refractivity contribution < 1.29 is 4.79 Å². The first-order valence-corrected chi connectivity index (χ1v) is 7.29. The molecule has 2 aromatic rings. The average molecular weight is 348 g/mol. The molecule has 0 atom stereocenters. The Morgan fingerprint density at radius 2 is 1.40 bits per heavy atom. The third-order valence-corrected chi connectivity index (χ3v) is 4.61. The van der Waals surface area contributed by atoms with Gasteiger partial charge >= 0.3 is 0 Å². The first-order chi connectivity index (χ1) is 9.34. The zero-order valence-electron chi connectivity index (χ0n) is 10.7. The zero-order chi connectivity index (χ0) is 15.0. The van der Waals surface area contributed by atoms with Gasteiger partial charge in [-0.1, -0.05) is 64.6 Å². The second-order valence-corrected chi connectivity index (χ2v) is 6.01. The van der Waals surface area contributed by atoms with Crippen molar-refractivity contribution in [3.63, 3.8) is 0 Å². The van der Waals surface area contributed by atoms with Crippen LogP contribution in [0.25, 0.3) is 0 Å². The fourth-order valence-corrected chi connectivity index (χ4v) is 3.16. The standard InChI is InChI=1S/C15H10Cl4O/c1-7-4-3-5-8(2)11(7)15(20)12-9(16)6-10(17)13(18)14(12)19/h3-6H,1-2H3. The number of hydrogen-bond donors (Lipinski definition) is 0. The lowest BCUT2D eigenvalue weighted by molar-refractivity contribution is 0.103. The van der Waals surface area contributed by atoms with E-state index in [1.54, 1.807) is 0 Å². The highest BCUT2D eigenvalue weighted by molar-refractivity contribution is 6.51. The molecule has 0 unspecified atom stereocenters. The summed E-state index contributed by atoms with van der Waals surface area (Å²) < 4.78 is 0. The largest absolute Gasteiger partial charge is 0.288 e. The molecule has 0 radical (unpaired) electrons. The van der Waals surface area contributed by atoms with E-state index in [2.05, 4.69) is 0 Å². The van der Waals surface area contributed by atoms with Gasteiger partial charge in [0.2, 0.25) is 0 Å². The summed E-state index contributed by atoms with van der Waals surface area (Å²) in [5.74, 6) is -0.255. The van der Waals surface area contributed by atoms with Crippen LogP contribution in [0.15, 0.2) is 24.3 Å². The smallest absolute Gasteiger partial charge is 0.196 e. The maximum absolute atomic E-state index is 12.7. The maximum atomic E-state index is 12.7. The Labute approximate surface area is 137 Å². The normalized spacial score (nSPS) is 10.7. The van der Waals surface area contributed by atoms with Crippen molar-refractivity contribution in [2.75, 3.05) is 0 Å². The predicted octanol–water partition coefficient (Wildman–Crippen LogP) is 6.15. The number of aryl methyl sites for hydroxylation is 2. The van der Waals surface area contributed by atoms with E-state index in [4.69, 9.17) is 46.4 Å². The van der Waals surface area contributed by atoms with Crippen LogP contribution in [0, 0.1) is 13.8 Å². The molecule has 0 aliphatic heterocycles. The van der Waals surface area contributed by atoms with E-state index in [9.17, 15) is 4.79 Å². The molecule has 20 heavy (non-hydrogen) atoms. The van der Waals surface area contributed by atoms with Crippen LogP contribution in [0.1, 0.15) is 27.0 Å². The number of carbonyl (C=O) groups excluding carboxylic acids is 1. The van der Waals surface area contributed by atoms with Gasteiger partial charge < -0.3 is 0 Å². The molecule has 0 aromatic heterocycles. The number of carbonyl (C=O) groups is 1. The number of hydrogen-bond acceptors (Lipinski definition) is 1. The summed E-state index contributed by atoms with van der Waals surface area (Å²) in [6.07, 6.45) is 0. The van der Waals surface area contributed by atoms with E-state index >= 15 is 0 Å². The summed E-state index contributed by atoms with van der Waals surface area (Å²) in [5, 5.41) is 0.626. The third kappa shape index (κ3) is 2.68. The van der Waals surface area contributed by atoms with Gasteiger partial charge in [-0.05, 0) is 31.0 Å². The van der Waals surface area contributed by atoms with E-state index in [1.165, 1.54) is 6.07 Å². The van der Waals surface area contributed by atoms with Gasteiger partial charge in [0.05, 0.1) is 25.7 Å². The molecule has 104 valence electrons. The Bertz CT molecular complexity index is 687. The minimum absolute atomic E-state index is 0.0804. The second kappa shape index (κ2) is 5.95. The van der Waals surface area contributed by atoms with Crippen molar-refractivity contribution in [1.82, 2.24) is 0 Å². The Kier molecular flexibility index (Phi) is 4.66. The quantitative estimate of drug-likeness (QED) is 0.362.